The third kappa shape index (κ3) is 4.60. The lowest BCUT2D eigenvalue weighted by Gasteiger charge is -2.10. The Morgan fingerprint density at radius 3 is 2.13 bits per heavy atom. The topological polar surface area (TPSA) is 43.8 Å². The summed E-state index contributed by atoms with van der Waals surface area (Å²) in [6.45, 7) is 0.906. The van der Waals surface area contributed by atoms with Crippen molar-refractivity contribution in [2.75, 3.05) is 5.73 Å². The van der Waals surface area contributed by atoms with E-state index in [1.165, 1.54) is 16.8 Å². The highest BCUT2D eigenvalue weighted by Gasteiger charge is 2.08. The largest absolute Gasteiger partial charge is 0.369 e. The van der Waals surface area contributed by atoms with Gasteiger partial charge in [-0.3, -0.25) is 0 Å². The highest BCUT2D eigenvalue weighted by atomic mass is 35.5. The van der Waals surface area contributed by atoms with Gasteiger partial charge in [-0.1, -0.05) is 60.7 Å². The zero-order chi connectivity index (χ0) is 15.2. The molecule has 0 fully saturated rings. The second-order valence-electron chi connectivity index (χ2n) is 5.51. The molecular formula is C19H22ClN3. The Bertz CT molecular complexity index is 708. The number of rotatable bonds is 6. The summed E-state index contributed by atoms with van der Waals surface area (Å²) in [5.74, 6) is 0.610. The molecule has 4 heteroatoms. The van der Waals surface area contributed by atoms with Crippen LogP contribution in [-0.2, 0) is 19.4 Å². The van der Waals surface area contributed by atoms with Crippen molar-refractivity contribution in [3.63, 3.8) is 0 Å². The van der Waals surface area contributed by atoms with Gasteiger partial charge in [0.1, 0.15) is 0 Å². The predicted molar refractivity (Wildman–Crippen MR) is 97.9 cm³/mol. The molecule has 2 aromatic carbocycles. The van der Waals surface area contributed by atoms with Crippen molar-refractivity contribution >= 4 is 18.4 Å². The van der Waals surface area contributed by atoms with E-state index in [1.807, 2.05) is 12.3 Å². The molecule has 0 spiro atoms. The van der Waals surface area contributed by atoms with E-state index in [0.717, 1.165) is 25.8 Å². The van der Waals surface area contributed by atoms with Crippen LogP contribution in [0.1, 0.15) is 23.2 Å². The lowest BCUT2D eigenvalue weighted by atomic mass is 10.1. The smallest absolute Gasteiger partial charge is 0.200 e. The van der Waals surface area contributed by atoms with Crippen LogP contribution < -0.4 is 5.73 Å². The normalized spacial score (nSPS) is 10.3. The number of aryl methyl sites for hydroxylation is 1. The van der Waals surface area contributed by atoms with Crippen LogP contribution in [0.25, 0.3) is 0 Å². The van der Waals surface area contributed by atoms with Crippen LogP contribution >= 0.6 is 12.4 Å². The molecule has 23 heavy (non-hydrogen) atoms. The van der Waals surface area contributed by atoms with Crippen LogP contribution in [0.2, 0.25) is 0 Å². The first-order valence-electron chi connectivity index (χ1n) is 7.70. The molecule has 0 aliphatic rings. The summed E-state index contributed by atoms with van der Waals surface area (Å²) in [5.41, 5.74) is 9.85. The molecule has 0 atom stereocenters. The summed E-state index contributed by atoms with van der Waals surface area (Å²) in [5, 5.41) is 0. The maximum atomic E-state index is 6.03. The first-order chi connectivity index (χ1) is 10.8. The molecule has 0 aliphatic carbocycles. The fraction of sp³-hybridized carbons (Fsp3) is 0.211. The Balaban J connectivity index is 0.00000192. The molecule has 1 aromatic heterocycles. The number of hydrogen-bond acceptors (Lipinski definition) is 2. The molecule has 0 radical (unpaired) electrons. The highest BCUT2D eigenvalue weighted by molar-refractivity contribution is 5.85. The molecule has 1 heterocycles. The second kappa shape index (κ2) is 8.39. The van der Waals surface area contributed by atoms with E-state index in [-0.39, 0.29) is 12.4 Å². The maximum absolute atomic E-state index is 6.03. The molecule has 3 rings (SSSR count). The van der Waals surface area contributed by atoms with Crippen LogP contribution in [0, 0.1) is 0 Å². The predicted octanol–water partition coefficient (Wildman–Crippen LogP) is 4.11. The molecular weight excluding hydrogens is 306 g/mol. The van der Waals surface area contributed by atoms with Gasteiger partial charge in [-0.05, 0) is 24.0 Å². The summed E-state index contributed by atoms with van der Waals surface area (Å²) in [6.07, 6.45) is 4.89. The van der Waals surface area contributed by atoms with E-state index in [4.69, 9.17) is 5.73 Å². The van der Waals surface area contributed by atoms with E-state index in [9.17, 15) is 0 Å². The Labute approximate surface area is 143 Å². The van der Waals surface area contributed by atoms with Gasteiger partial charge in [-0.2, -0.15) is 0 Å². The van der Waals surface area contributed by atoms with Gasteiger partial charge >= 0.3 is 0 Å². The van der Waals surface area contributed by atoms with Crippen LogP contribution in [-0.4, -0.2) is 9.55 Å². The van der Waals surface area contributed by atoms with E-state index >= 15 is 0 Å². The van der Waals surface area contributed by atoms with Crippen LogP contribution in [0.5, 0.6) is 0 Å². The number of nitrogen functional groups attached to an aromatic ring is 1. The minimum absolute atomic E-state index is 0. The fourth-order valence-corrected chi connectivity index (χ4v) is 2.72. The first-order valence-corrected chi connectivity index (χ1v) is 7.70. The number of imidazole rings is 1. The number of anilines is 1. The third-order valence-corrected chi connectivity index (χ3v) is 3.89. The standard InChI is InChI=1S/C19H21N3.ClH/c20-19-21-15-18(14-17-10-5-2-6-11-17)22(19)13-7-12-16-8-3-1-4-9-16;/h1-6,8-11,15H,7,12-14H2,(H2,20,21);1H. The van der Waals surface area contributed by atoms with E-state index in [2.05, 4.69) is 64.1 Å². The zero-order valence-electron chi connectivity index (χ0n) is 13.1. The Morgan fingerprint density at radius 1 is 0.870 bits per heavy atom. The van der Waals surface area contributed by atoms with Crippen LogP contribution in [0.3, 0.4) is 0 Å². The van der Waals surface area contributed by atoms with Gasteiger partial charge in [0.2, 0.25) is 0 Å². The summed E-state index contributed by atoms with van der Waals surface area (Å²) in [6, 6.07) is 21.0. The van der Waals surface area contributed by atoms with Gasteiger partial charge in [0, 0.05) is 18.7 Å². The van der Waals surface area contributed by atoms with Gasteiger partial charge in [0.05, 0.1) is 6.20 Å². The van der Waals surface area contributed by atoms with Crippen molar-refractivity contribution in [1.82, 2.24) is 9.55 Å². The molecule has 0 bridgehead atoms. The second-order valence-corrected chi connectivity index (χ2v) is 5.51. The monoisotopic (exact) mass is 327 g/mol. The lowest BCUT2D eigenvalue weighted by molar-refractivity contribution is 0.630. The molecule has 0 aliphatic heterocycles. The summed E-state index contributed by atoms with van der Waals surface area (Å²) in [7, 11) is 0. The fourth-order valence-electron chi connectivity index (χ4n) is 2.72. The summed E-state index contributed by atoms with van der Waals surface area (Å²) < 4.78 is 2.13. The van der Waals surface area contributed by atoms with Crippen molar-refractivity contribution in [3.8, 4) is 0 Å². The molecule has 0 amide bonds. The summed E-state index contributed by atoms with van der Waals surface area (Å²) >= 11 is 0. The third-order valence-electron chi connectivity index (χ3n) is 3.89. The van der Waals surface area contributed by atoms with Crippen LogP contribution in [0.4, 0.5) is 5.95 Å². The molecule has 3 aromatic rings. The average molecular weight is 328 g/mol. The Morgan fingerprint density at radius 2 is 1.48 bits per heavy atom. The van der Waals surface area contributed by atoms with Crippen molar-refractivity contribution in [2.24, 2.45) is 0 Å². The van der Waals surface area contributed by atoms with Crippen molar-refractivity contribution in [3.05, 3.63) is 83.7 Å². The van der Waals surface area contributed by atoms with Gasteiger partial charge in [-0.15, -0.1) is 12.4 Å². The van der Waals surface area contributed by atoms with E-state index in [0.29, 0.717) is 5.95 Å². The Kier molecular flexibility index (Phi) is 6.24. The number of nitrogens with zero attached hydrogens (tertiary/aromatic N) is 2. The Hall–Kier alpha value is -2.26. The van der Waals surface area contributed by atoms with E-state index in [1.54, 1.807) is 0 Å². The first kappa shape index (κ1) is 17.1. The van der Waals surface area contributed by atoms with Crippen molar-refractivity contribution in [1.29, 1.82) is 0 Å². The number of benzene rings is 2. The molecule has 3 nitrogen and oxygen atoms in total. The minimum atomic E-state index is 0. The highest BCUT2D eigenvalue weighted by Crippen LogP contribution is 2.14. The van der Waals surface area contributed by atoms with Gasteiger partial charge in [-0.25, -0.2) is 4.98 Å². The minimum Gasteiger partial charge on any atom is -0.369 e. The van der Waals surface area contributed by atoms with Gasteiger partial charge in [0.15, 0.2) is 5.95 Å². The summed E-state index contributed by atoms with van der Waals surface area (Å²) in [4.78, 5) is 4.28. The molecule has 0 unspecified atom stereocenters. The van der Waals surface area contributed by atoms with Gasteiger partial charge in [0.25, 0.3) is 0 Å². The van der Waals surface area contributed by atoms with E-state index < -0.39 is 0 Å². The number of halogens is 1. The van der Waals surface area contributed by atoms with Crippen molar-refractivity contribution < 1.29 is 0 Å². The lowest BCUT2D eigenvalue weighted by Crippen LogP contribution is -2.08. The SMILES string of the molecule is Cl.Nc1ncc(Cc2ccccc2)n1CCCc1ccccc1. The molecule has 2 N–H and O–H groups in total. The molecule has 120 valence electrons. The molecule has 0 saturated carbocycles. The zero-order valence-corrected chi connectivity index (χ0v) is 13.9. The van der Waals surface area contributed by atoms with Crippen LogP contribution in [0.15, 0.2) is 66.9 Å². The van der Waals surface area contributed by atoms with Crippen molar-refractivity contribution in [2.45, 2.75) is 25.8 Å². The quantitative estimate of drug-likeness (QED) is 0.740. The number of aromatic nitrogens is 2. The molecule has 0 saturated heterocycles. The number of nitrogens with two attached hydrogens (primary N) is 1. The number of hydrogen-bond donors (Lipinski definition) is 1. The van der Waals surface area contributed by atoms with Gasteiger partial charge < -0.3 is 10.3 Å². The maximum Gasteiger partial charge on any atom is 0.200 e. The average Bonchev–Trinajstić information content (AvgIpc) is 2.90.